The number of aliphatic hydroxyl groups is 1. The number of hydrogen-bond acceptors (Lipinski definition) is 3. The molecule has 0 spiro atoms. The summed E-state index contributed by atoms with van der Waals surface area (Å²) in [5, 5.41) is 12.0. The molecule has 3 aromatic carbocycles. The molecule has 1 atom stereocenters. The number of nitrogens with one attached hydrogen (secondary N) is 1. The van der Waals surface area contributed by atoms with E-state index in [0.29, 0.717) is 22.3 Å². The molecule has 1 amide bonds. The van der Waals surface area contributed by atoms with E-state index in [1.165, 1.54) is 24.3 Å². The highest BCUT2D eigenvalue weighted by atomic mass is 19.4. The predicted octanol–water partition coefficient (Wildman–Crippen LogP) is 5.69. The van der Waals surface area contributed by atoms with Crippen molar-refractivity contribution in [1.82, 2.24) is 5.32 Å². The molecule has 0 saturated carbocycles. The third-order valence-corrected chi connectivity index (χ3v) is 4.98. The molecule has 0 heterocycles. The highest BCUT2D eigenvalue weighted by Crippen LogP contribution is 2.30. The molecular weight excluding hydrogens is 445 g/mol. The Morgan fingerprint density at radius 3 is 2.15 bits per heavy atom. The molecular formula is C24H20F5NO3. The SMILES string of the molecule is Cc1cc(-c2ccc(OC(F)(F)F)cc2)ccc1C(CCO)NC(=O)c1c(F)cccc1F. The Bertz CT molecular complexity index is 1110. The zero-order valence-electron chi connectivity index (χ0n) is 17.4. The van der Waals surface area contributed by atoms with Gasteiger partial charge in [0.2, 0.25) is 0 Å². The van der Waals surface area contributed by atoms with Gasteiger partial charge in [0.05, 0.1) is 6.04 Å². The lowest BCUT2D eigenvalue weighted by molar-refractivity contribution is -0.274. The fourth-order valence-corrected chi connectivity index (χ4v) is 3.47. The van der Waals surface area contributed by atoms with Crippen LogP contribution >= 0.6 is 0 Å². The molecule has 3 rings (SSSR count). The average molecular weight is 465 g/mol. The van der Waals surface area contributed by atoms with Crippen molar-refractivity contribution in [2.45, 2.75) is 25.7 Å². The Labute approximate surface area is 186 Å². The summed E-state index contributed by atoms with van der Waals surface area (Å²) in [6, 6.07) is 12.9. The highest BCUT2D eigenvalue weighted by molar-refractivity contribution is 5.95. The largest absolute Gasteiger partial charge is 0.573 e. The summed E-state index contributed by atoms with van der Waals surface area (Å²) in [6.07, 6.45) is -4.68. The van der Waals surface area contributed by atoms with Gasteiger partial charge in [-0.15, -0.1) is 13.2 Å². The lowest BCUT2D eigenvalue weighted by Crippen LogP contribution is -2.31. The number of alkyl halides is 3. The minimum absolute atomic E-state index is 0.103. The van der Waals surface area contributed by atoms with Crippen molar-refractivity contribution in [1.29, 1.82) is 0 Å². The third kappa shape index (κ3) is 6.07. The zero-order valence-corrected chi connectivity index (χ0v) is 17.4. The minimum atomic E-state index is -4.78. The van der Waals surface area contributed by atoms with E-state index in [1.807, 2.05) is 0 Å². The number of benzene rings is 3. The van der Waals surface area contributed by atoms with E-state index in [4.69, 9.17) is 0 Å². The van der Waals surface area contributed by atoms with Crippen LogP contribution in [0, 0.1) is 18.6 Å². The van der Waals surface area contributed by atoms with Gasteiger partial charge < -0.3 is 15.2 Å². The van der Waals surface area contributed by atoms with Crippen molar-refractivity contribution >= 4 is 5.91 Å². The van der Waals surface area contributed by atoms with Crippen molar-refractivity contribution in [3.63, 3.8) is 0 Å². The van der Waals surface area contributed by atoms with Crippen LogP contribution in [0.2, 0.25) is 0 Å². The van der Waals surface area contributed by atoms with Crippen LogP contribution in [-0.2, 0) is 0 Å². The van der Waals surface area contributed by atoms with E-state index in [2.05, 4.69) is 10.1 Å². The van der Waals surface area contributed by atoms with E-state index in [-0.39, 0.29) is 18.8 Å². The molecule has 4 nitrogen and oxygen atoms in total. The van der Waals surface area contributed by atoms with Crippen LogP contribution in [0.4, 0.5) is 22.0 Å². The number of rotatable bonds is 7. The number of aryl methyl sites for hydroxylation is 1. The van der Waals surface area contributed by atoms with Crippen LogP contribution in [0.15, 0.2) is 60.7 Å². The number of amides is 1. The van der Waals surface area contributed by atoms with Gasteiger partial charge in [0.15, 0.2) is 0 Å². The van der Waals surface area contributed by atoms with Gasteiger partial charge in [-0.1, -0.05) is 36.4 Å². The minimum Gasteiger partial charge on any atom is -0.406 e. The van der Waals surface area contributed by atoms with Crippen molar-refractivity contribution in [2.75, 3.05) is 6.61 Å². The number of carbonyl (C=O) groups is 1. The molecule has 0 radical (unpaired) electrons. The first-order valence-corrected chi connectivity index (χ1v) is 9.91. The topological polar surface area (TPSA) is 58.6 Å². The lowest BCUT2D eigenvalue weighted by atomic mass is 9.94. The van der Waals surface area contributed by atoms with Crippen LogP contribution in [0.5, 0.6) is 5.75 Å². The molecule has 0 bridgehead atoms. The van der Waals surface area contributed by atoms with Crippen LogP contribution < -0.4 is 10.1 Å². The van der Waals surface area contributed by atoms with E-state index < -0.39 is 35.5 Å². The number of ether oxygens (including phenoxy) is 1. The molecule has 2 N–H and O–H groups in total. The number of halogens is 5. The van der Waals surface area contributed by atoms with Crippen molar-refractivity contribution in [2.24, 2.45) is 0 Å². The second kappa shape index (κ2) is 9.99. The Kier molecular flexibility index (Phi) is 7.33. The molecule has 0 aromatic heterocycles. The molecule has 9 heteroatoms. The smallest absolute Gasteiger partial charge is 0.406 e. The lowest BCUT2D eigenvalue weighted by Gasteiger charge is -2.21. The number of hydrogen-bond donors (Lipinski definition) is 2. The quantitative estimate of drug-likeness (QED) is 0.441. The molecule has 1 unspecified atom stereocenters. The van der Waals surface area contributed by atoms with Crippen molar-refractivity contribution in [3.05, 3.63) is 89.0 Å². The summed E-state index contributed by atoms with van der Waals surface area (Å²) < 4.78 is 68.8. The second-order valence-corrected chi connectivity index (χ2v) is 7.28. The first kappa shape index (κ1) is 24.2. The summed E-state index contributed by atoms with van der Waals surface area (Å²) in [6.45, 7) is 1.47. The van der Waals surface area contributed by atoms with Gasteiger partial charge in [-0.2, -0.15) is 0 Å². The van der Waals surface area contributed by atoms with Gasteiger partial charge in [0, 0.05) is 6.61 Å². The van der Waals surface area contributed by atoms with Gasteiger partial charge in [-0.25, -0.2) is 8.78 Å². The molecule has 0 aliphatic heterocycles. The maximum absolute atomic E-state index is 14.0. The Hall–Kier alpha value is -3.46. The summed E-state index contributed by atoms with van der Waals surface area (Å²) in [5.74, 6) is -3.29. The molecule has 0 aliphatic carbocycles. The van der Waals surface area contributed by atoms with E-state index in [9.17, 15) is 31.9 Å². The van der Waals surface area contributed by atoms with Gasteiger partial charge >= 0.3 is 6.36 Å². The van der Waals surface area contributed by atoms with Gasteiger partial charge in [0.25, 0.3) is 5.91 Å². The summed E-state index contributed by atoms with van der Waals surface area (Å²) in [7, 11) is 0. The van der Waals surface area contributed by atoms with Gasteiger partial charge in [-0.3, -0.25) is 4.79 Å². The molecule has 0 fully saturated rings. The molecule has 3 aromatic rings. The number of carbonyl (C=O) groups excluding carboxylic acids is 1. The Morgan fingerprint density at radius 2 is 1.61 bits per heavy atom. The number of aliphatic hydroxyl groups excluding tert-OH is 1. The summed E-state index contributed by atoms with van der Waals surface area (Å²) in [5.41, 5.74) is 1.95. The highest BCUT2D eigenvalue weighted by Gasteiger charge is 2.31. The summed E-state index contributed by atoms with van der Waals surface area (Å²) >= 11 is 0. The van der Waals surface area contributed by atoms with Crippen LogP contribution in [0.25, 0.3) is 11.1 Å². The normalized spacial score (nSPS) is 12.3. The van der Waals surface area contributed by atoms with E-state index in [1.54, 1.807) is 25.1 Å². The van der Waals surface area contributed by atoms with Gasteiger partial charge in [-0.05, 0) is 59.9 Å². The first-order chi connectivity index (χ1) is 15.6. The standard InChI is InChI=1S/C24H20F5NO3/c1-14-13-16(15-5-8-17(9-6-15)33-24(27,28)29)7-10-18(14)21(11-12-31)30-23(32)22-19(25)3-2-4-20(22)26/h2-10,13,21,31H,11-12H2,1H3,(H,30,32). The molecule has 174 valence electrons. The molecule has 0 aliphatic rings. The molecule has 0 saturated heterocycles. The Morgan fingerprint density at radius 1 is 1.00 bits per heavy atom. The fourth-order valence-electron chi connectivity index (χ4n) is 3.47. The second-order valence-electron chi connectivity index (χ2n) is 7.28. The van der Waals surface area contributed by atoms with Gasteiger partial charge in [0.1, 0.15) is 22.9 Å². The predicted molar refractivity (Wildman–Crippen MR) is 112 cm³/mol. The van der Waals surface area contributed by atoms with Crippen LogP contribution in [0.1, 0.15) is 33.9 Å². The monoisotopic (exact) mass is 465 g/mol. The van der Waals surface area contributed by atoms with Crippen molar-refractivity contribution < 1.29 is 36.6 Å². The molecule has 33 heavy (non-hydrogen) atoms. The maximum Gasteiger partial charge on any atom is 0.573 e. The Balaban J connectivity index is 1.83. The fraction of sp³-hybridized carbons (Fsp3) is 0.208. The van der Waals surface area contributed by atoms with E-state index in [0.717, 1.165) is 18.2 Å². The average Bonchev–Trinajstić information content (AvgIpc) is 2.73. The van der Waals surface area contributed by atoms with Crippen LogP contribution in [0.3, 0.4) is 0 Å². The van der Waals surface area contributed by atoms with Crippen LogP contribution in [-0.4, -0.2) is 24.0 Å². The summed E-state index contributed by atoms with van der Waals surface area (Å²) in [4.78, 5) is 12.5. The zero-order chi connectivity index (χ0) is 24.2. The third-order valence-electron chi connectivity index (χ3n) is 4.98. The maximum atomic E-state index is 14.0. The van der Waals surface area contributed by atoms with E-state index >= 15 is 0 Å². The first-order valence-electron chi connectivity index (χ1n) is 9.91. The van der Waals surface area contributed by atoms with Crippen molar-refractivity contribution in [3.8, 4) is 16.9 Å².